The average molecular weight is 405 g/mol. The van der Waals surface area contributed by atoms with Crippen LogP contribution < -0.4 is 5.32 Å². The Morgan fingerprint density at radius 1 is 1.10 bits per heavy atom. The molecule has 6 heteroatoms. The Bertz CT molecular complexity index is 999. The number of hydrogen-bond donors (Lipinski definition) is 1. The number of pyridine rings is 2. The zero-order valence-corrected chi connectivity index (χ0v) is 17.5. The minimum absolute atomic E-state index is 0.0745. The number of hydrogen-bond acceptors (Lipinski definition) is 5. The van der Waals surface area contributed by atoms with Crippen molar-refractivity contribution in [2.75, 3.05) is 26.2 Å². The van der Waals surface area contributed by atoms with Gasteiger partial charge in [-0.1, -0.05) is 24.3 Å². The number of rotatable bonds is 6. The molecule has 2 aromatic heterocycles. The van der Waals surface area contributed by atoms with Crippen molar-refractivity contribution in [2.24, 2.45) is 0 Å². The molecule has 6 nitrogen and oxygen atoms in total. The Morgan fingerprint density at radius 3 is 2.63 bits per heavy atom. The summed E-state index contributed by atoms with van der Waals surface area (Å²) in [6, 6.07) is 15.3. The molecule has 0 bridgehead atoms. The second-order valence-electron chi connectivity index (χ2n) is 7.91. The second-order valence-corrected chi connectivity index (χ2v) is 7.91. The standard InChI is InChI=1S/C24H28N4O2/c1-17-15-28(16-18(2)30-17)13-7-12-26-24(29)20-14-23(22-10-5-6-11-25-22)27-21-9-4-3-8-19(20)21/h3-6,8-11,14,17-18H,7,12-13,15-16H2,1-2H3,(H,26,29)/t17-,18-/m1/s1. The number of ether oxygens (including phenoxy) is 1. The number of aromatic nitrogens is 2. The molecule has 1 saturated heterocycles. The molecule has 0 saturated carbocycles. The number of para-hydroxylation sites is 1. The predicted molar refractivity (Wildman–Crippen MR) is 118 cm³/mol. The van der Waals surface area contributed by atoms with Crippen molar-refractivity contribution in [2.45, 2.75) is 32.5 Å². The third-order valence-corrected chi connectivity index (χ3v) is 5.32. The van der Waals surface area contributed by atoms with Gasteiger partial charge in [0.15, 0.2) is 0 Å². The van der Waals surface area contributed by atoms with Crippen LogP contribution in [0, 0.1) is 0 Å². The number of fused-ring (bicyclic) bond motifs is 1. The Hall–Kier alpha value is -2.83. The van der Waals surface area contributed by atoms with E-state index in [0.717, 1.165) is 42.7 Å². The van der Waals surface area contributed by atoms with Gasteiger partial charge in [0.25, 0.3) is 5.91 Å². The summed E-state index contributed by atoms with van der Waals surface area (Å²) in [7, 11) is 0. The number of carbonyl (C=O) groups excluding carboxylic acids is 1. The third-order valence-electron chi connectivity index (χ3n) is 5.32. The summed E-state index contributed by atoms with van der Waals surface area (Å²) in [6.45, 7) is 7.70. The maximum atomic E-state index is 13.0. The molecular formula is C24H28N4O2. The van der Waals surface area contributed by atoms with Gasteiger partial charge in [-0.15, -0.1) is 0 Å². The maximum Gasteiger partial charge on any atom is 0.252 e. The number of amides is 1. The molecule has 1 aliphatic heterocycles. The molecule has 30 heavy (non-hydrogen) atoms. The Morgan fingerprint density at radius 2 is 1.87 bits per heavy atom. The molecule has 1 N–H and O–H groups in total. The van der Waals surface area contributed by atoms with Crippen LogP contribution in [0.25, 0.3) is 22.3 Å². The first-order valence-electron chi connectivity index (χ1n) is 10.6. The Labute approximate surface area is 177 Å². The van der Waals surface area contributed by atoms with E-state index in [1.54, 1.807) is 6.20 Å². The minimum Gasteiger partial charge on any atom is -0.373 e. The van der Waals surface area contributed by atoms with Crippen molar-refractivity contribution in [3.05, 3.63) is 60.3 Å². The molecule has 2 atom stereocenters. The lowest BCUT2D eigenvalue weighted by atomic mass is 10.1. The van der Waals surface area contributed by atoms with Gasteiger partial charge >= 0.3 is 0 Å². The van der Waals surface area contributed by atoms with E-state index in [1.165, 1.54) is 0 Å². The molecule has 156 valence electrons. The quantitative estimate of drug-likeness (QED) is 0.637. The van der Waals surface area contributed by atoms with Gasteiger partial charge in [0, 0.05) is 37.8 Å². The predicted octanol–water partition coefficient (Wildman–Crippen LogP) is 3.53. The third kappa shape index (κ3) is 4.83. The van der Waals surface area contributed by atoms with Crippen LogP contribution in [0.5, 0.6) is 0 Å². The van der Waals surface area contributed by atoms with Crippen LogP contribution in [-0.4, -0.2) is 59.2 Å². The van der Waals surface area contributed by atoms with E-state index in [0.29, 0.717) is 17.8 Å². The molecule has 1 fully saturated rings. The van der Waals surface area contributed by atoms with Gasteiger partial charge in [0.2, 0.25) is 0 Å². The van der Waals surface area contributed by atoms with Crippen LogP contribution >= 0.6 is 0 Å². The molecule has 3 heterocycles. The van der Waals surface area contributed by atoms with Gasteiger partial charge < -0.3 is 10.1 Å². The average Bonchev–Trinajstić information content (AvgIpc) is 2.76. The summed E-state index contributed by atoms with van der Waals surface area (Å²) in [6.07, 6.45) is 3.16. The molecule has 0 spiro atoms. The van der Waals surface area contributed by atoms with Crippen LogP contribution in [0.3, 0.4) is 0 Å². The Balaban J connectivity index is 1.45. The van der Waals surface area contributed by atoms with Crippen LogP contribution in [0.1, 0.15) is 30.6 Å². The van der Waals surface area contributed by atoms with E-state index in [2.05, 4.69) is 29.0 Å². The topological polar surface area (TPSA) is 67.4 Å². The van der Waals surface area contributed by atoms with Crippen molar-refractivity contribution in [3.63, 3.8) is 0 Å². The van der Waals surface area contributed by atoms with E-state index in [-0.39, 0.29) is 18.1 Å². The fraction of sp³-hybridized carbons (Fsp3) is 0.375. The first-order chi connectivity index (χ1) is 14.6. The highest BCUT2D eigenvalue weighted by atomic mass is 16.5. The number of benzene rings is 1. The molecule has 4 rings (SSSR count). The van der Waals surface area contributed by atoms with E-state index >= 15 is 0 Å². The normalized spacial score (nSPS) is 19.7. The van der Waals surface area contributed by atoms with Gasteiger partial charge in [-0.05, 0) is 44.5 Å². The molecule has 1 amide bonds. The van der Waals surface area contributed by atoms with Gasteiger partial charge in [-0.2, -0.15) is 0 Å². The number of carbonyl (C=O) groups is 1. The summed E-state index contributed by atoms with van der Waals surface area (Å²) in [5, 5.41) is 3.94. The monoisotopic (exact) mass is 404 g/mol. The van der Waals surface area contributed by atoms with Gasteiger partial charge in [-0.25, -0.2) is 4.98 Å². The molecule has 1 aliphatic rings. The largest absolute Gasteiger partial charge is 0.373 e. The lowest BCUT2D eigenvalue weighted by molar-refractivity contribution is -0.0679. The molecule has 0 aliphatic carbocycles. The lowest BCUT2D eigenvalue weighted by Gasteiger charge is -2.35. The summed E-state index contributed by atoms with van der Waals surface area (Å²) in [5.41, 5.74) is 2.89. The van der Waals surface area contributed by atoms with Crippen LogP contribution in [-0.2, 0) is 4.74 Å². The SMILES string of the molecule is C[C@@H]1CN(CCCNC(=O)c2cc(-c3ccccn3)nc3ccccc23)C[C@@H](C)O1. The first kappa shape index (κ1) is 20.4. The molecular weight excluding hydrogens is 376 g/mol. The highest BCUT2D eigenvalue weighted by Crippen LogP contribution is 2.23. The maximum absolute atomic E-state index is 13.0. The van der Waals surface area contributed by atoms with Crippen molar-refractivity contribution >= 4 is 16.8 Å². The summed E-state index contributed by atoms with van der Waals surface area (Å²) < 4.78 is 5.78. The van der Waals surface area contributed by atoms with Crippen molar-refractivity contribution in [1.29, 1.82) is 0 Å². The number of morpholine rings is 1. The van der Waals surface area contributed by atoms with Crippen molar-refractivity contribution in [3.8, 4) is 11.4 Å². The molecule has 1 aromatic carbocycles. The van der Waals surface area contributed by atoms with Crippen molar-refractivity contribution < 1.29 is 9.53 Å². The van der Waals surface area contributed by atoms with Crippen LogP contribution in [0.2, 0.25) is 0 Å². The first-order valence-corrected chi connectivity index (χ1v) is 10.6. The molecule has 0 radical (unpaired) electrons. The smallest absolute Gasteiger partial charge is 0.252 e. The zero-order valence-electron chi connectivity index (χ0n) is 17.5. The van der Waals surface area contributed by atoms with E-state index in [1.807, 2.05) is 48.5 Å². The summed E-state index contributed by atoms with van der Waals surface area (Å²) >= 11 is 0. The molecule has 0 unspecified atom stereocenters. The second kappa shape index (κ2) is 9.32. The molecule has 3 aromatic rings. The minimum atomic E-state index is -0.0745. The lowest BCUT2D eigenvalue weighted by Crippen LogP contribution is -2.46. The van der Waals surface area contributed by atoms with E-state index < -0.39 is 0 Å². The van der Waals surface area contributed by atoms with E-state index in [9.17, 15) is 4.79 Å². The Kier molecular flexibility index (Phi) is 6.35. The number of nitrogens with zero attached hydrogens (tertiary/aromatic N) is 3. The van der Waals surface area contributed by atoms with E-state index in [4.69, 9.17) is 9.72 Å². The van der Waals surface area contributed by atoms with Gasteiger partial charge in [0.05, 0.1) is 34.7 Å². The van der Waals surface area contributed by atoms with Gasteiger partial charge in [0.1, 0.15) is 0 Å². The van der Waals surface area contributed by atoms with Crippen LogP contribution in [0.15, 0.2) is 54.7 Å². The highest BCUT2D eigenvalue weighted by molar-refractivity contribution is 6.07. The summed E-state index contributed by atoms with van der Waals surface area (Å²) in [5.74, 6) is -0.0745. The zero-order chi connectivity index (χ0) is 20.9. The highest BCUT2D eigenvalue weighted by Gasteiger charge is 2.21. The van der Waals surface area contributed by atoms with Crippen LogP contribution in [0.4, 0.5) is 0 Å². The summed E-state index contributed by atoms with van der Waals surface area (Å²) in [4.78, 5) is 24.5. The fourth-order valence-electron chi connectivity index (χ4n) is 4.08. The fourth-order valence-corrected chi connectivity index (χ4v) is 4.08. The van der Waals surface area contributed by atoms with Gasteiger partial charge in [-0.3, -0.25) is 14.7 Å². The van der Waals surface area contributed by atoms with Crippen molar-refractivity contribution in [1.82, 2.24) is 20.2 Å². The number of nitrogens with one attached hydrogen (secondary N) is 1.